The molecule has 9 heteroatoms. The monoisotopic (exact) mass is 565 g/mol. The average Bonchev–Trinajstić information content (AvgIpc) is 2.92. The van der Waals surface area contributed by atoms with Gasteiger partial charge < -0.3 is 15.0 Å². The number of benzene rings is 3. The number of ether oxygens (including phenoxy) is 1. The molecule has 1 N–H and O–H groups in total. The lowest BCUT2D eigenvalue weighted by atomic mass is 10.0. The molecule has 3 rings (SSSR count). The summed E-state index contributed by atoms with van der Waals surface area (Å²) >= 11 is 0. The molecule has 0 saturated carbocycles. The van der Waals surface area contributed by atoms with Gasteiger partial charge in [-0.05, 0) is 41.7 Å². The van der Waals surface area contributed by atoms with Gasteiger partial charge in [-0.15, -0.1) is 0 Å². The highest BCUT2D eigenvalue weighted by atomic mass is 32.2. The molecule has 0 bridgehead atoms. The summed E-state index contributed by atoms with van der Waals surface area (Å²) in [5.41, 5.74) is 2.79. The van der Waals surface area contributed by atoms with Crippen LogP contribution in [-0.4, -0.2) is 57.6 Å². The van der Waals surface area contributed by atoms with Gasteiger partial charge in [0, 0.05) is 19.5 Å². The molecule has 8 nitrogen and oxygen atoms in total. The van der Waals surface area contributed by atoms with E-state index in [2.05, 4.69) is 5.32 Å². The fraction of sp³-hybridized carbons (Fsp3) is 0.355. The summed E-state index contributed by atoms with van der Waals surface area (Å²) in [5.74, 6) is -0.248. The van der Waals surface area contributed by atoms with Crippen LogP contribution in [0.25, 0.3) is 0 Å². The van der Waals surface area contributed by atoms with Crippen molar-refractivity contribution in [2.24, 2.45) is 5.92 Å². The summed E-state index contributed by atoms with van der Waals surface area (Å²) < 4.78 is 32.5. The van der Waals surface area contributed by atoms with Crippen molar-refractivity contribution < 1.29 is 22.7 Å². The molecule has 2 amide bonds. The maximum absolute atomic E-state index is 14.1. The average molecular weight is 566 g/mol. The summed E-state index contributed by atoms with van der Waals surface area (Å²) in [4.78, 5) is 29.2. The van der Waals surface area contributed by atoms with E-state index in [1.165, 1.54) is 12.0 Å². The zero-order valence-corrected chi connectivity index (χ0v) is 24.6. The SMILES string of the molecule is COc1ccc(C)cc1N(CC(=O)N(Cc1ccccc1)[C@@H](Cc1ccccc1)C(=O)NCC(C)C)S(C)(=O)=O. The minimum absolute atomic E-state index is 0.134. The molecule has 0 spiro atoms. The van der Waals surface area contributed by atoms with E-state index in [9.17, 15) is 18.0 Å². The van der Waals surface area contributed by atoms with Gasteiger partial charge in [0.1, 0.15) is 18.3 Å². The van der Waals surface area contributed by atoms with Gasteiger partial charge in [0.05, 0.1) is 19.1 Å². The van der Waals surface area contributed by atoms with Gasteiger partial charge in [0.2, 0.25) is 21.8 Å². The number of nitrogens with zero attached hydrogens (tertiary/aromatic N) is 2. The van der Waals surface area contributed by atoms with Crippen molar-refractivity contribution in [3.63, 3.8) is 0 Å². The zero-order valence-electron chi connectivity index (χ0n) is 23.8. The number of amides is 2. The van der Waals surface area contributed by atoms with Gasteiger partial charge in [-0.3, -0.25) is 13.9 Å². The number of carbonyl (C=O) groups is 2. The van der Waals surface area contributed by atoms with Crippen LogP contribution >= 0.6 is 0 Å². The second-order valence-electron chi connectivity index (χ2n) is 10.3. The van der Waals surface area contributed by atoms with Gasteiger partial charge in [0.15, 0.2) is 0 Å². The first kappa shape index (κ1) is 30.7. The van der Waals surface area contributed by atoms with Crippen LogP contribution in [0.2, 0.25) is 0 Å². The molecule has 214 valence electrons. The third-order valence-corrected chi connectivity index (χ3v) is 7.56. The Labute approximate surface area is 238 Å². The van der Waals surface area contributed by atoms with Gasteiger partial charge in [-0.2, -0.15) is 0 Å². The van der Waals surface area contributed by atoms with E-state index >= 15 is 0 Å². The maximum Gasteiger partial charge on any atom is 0.244 e. The summed E-state index contributed by atoms with van der Waals surface area (Å²) in [6.45, 7) is 5.93. The van der Waals surface area contributed by atoms with Crippen molar-refractivity contribution in [1.29, 1.82) is 0 Å². The van der Waals surface area contributed by atoms with E-state index in [0.29, 0.717) is 12.3 Å². The van der Waals surface area contributed by atoms with Gasteiger partial charge in [0.25, 0.3) is 0 Å². The second-order valence-corrected chi connectivity index (χ2v) is 12.2. The van der Waals surface area contributed by atoms with Crippen molar-refractivity contribution in [3.8, 4) is 5.75 Å². The quantitative estimate of drug-likeness (QED) is 0.336. The van der Waals surface area contributed by atoms with Crippen LogP contribution in [0.1, 0.15) is 30.5 Å². The molecule has 0 saturated heterocycles. The first-order valence-corrected chi connectivity index (χ1v) is 15.1. The van der Waals surface area contributed by atoms with Crippen LogP contribution in [0.5, 0.6) is 5.75 Å². The Bertz CT molecular complexity index is 1380. The van der Waals surface area contributed by atoms with E-state index in [4.69, 9.17) is 4.74 Å². The minimum Gasteiger partial charge on any atom is -0.495 e. The van der Waals surface area contributed by atoms with Crippen molar-refractivity contribution >= 4 is 27.5 Å². The number of methoxy groups -OCH3 is 1. The predicted octanol–water partition coefficient (Wildman–Crippen LogP) is 4.18. The molecule has 40 heavy (non-hydrogen) atoms. The highest BCUT2D eigenvalue weighted by Gasteiger charge is 2.33. The Kier molecular flexibility index (Phi) is 10.7. The van der Waals surface area contributed by atoms with Crippen LogP contribution in [0.3, 0.4) is 0 Å². The first-order valence-electron chi connectivity index (χ1n) is 13.3. The highest BCUT2D eigenvalue weighted by molar-refractivity contribution is 7.92. The Morgan fingerprint density at radius 1 is 0.925 bits per heavy atom. The Hall–Kier alpha value is -3.85. The molecule has 0 heterocycles. The van der Waals surface area contributed by atoms with Crippen molar-refractivity contribution in [1.82, 2.24) is 10.2 Å². The number of carbonyl (C=O) groups excluding carboxylic acids is 2. The number of anilines is 1. The molecule has 1 atom stereocenters. The highest BCUT2D eigenvalue weighted by Crippen LogP contribution is 2.31. The standard InChI is InChI=1S/C31H39N3O5S/c1-23(2)20-32-31(36)28(19-25-12-8-6-9-13-25)33(21-26-14-10-7-11-15-26)30(35)22-34(40(5,37)38)27-18-24(3)16-17-29(27)39-4/h6-18,23,28H,19-22H2,1-5H3,(H,32,36)/t28-/m0/s1. The van der Waals surface area contributed by atoms with Crippen molar-refractivity contribution in [3.05, 3.63) is 95.6 Å². The Morgan fingerprint density at radius 3 is 2.08 bits per heavy atom. The van der Waals surface area contributed by atoms with Gasteiger partial charge in [-0.25, -0.2) is 8.42 Å². The summed E-state index contributed by atoms with van der Waals surface area (Å²) in [6.07, 6.45) is 1.33. The van der Waals surface area contributed by atoms with Crippen molar-refractivity contribution in [2.45, 2.75) is 39.8 Å². The molecule has 0 unspecified atom stereocenters. The van der Waals surface area contributed by atoms with Crippen molar-refractivity contribution in [2.75, 3.05) is 30.8 Å². The molecule has 3 aromatic rings. The zero-order chi connectivity index (χ0) is 29.3. The summed E-state index contributed by atoms with van der Waals surface area (Å²) in [6, 6.07) is 23.1. The normalized spacial score (nSPS) is 12.1. The fourth-order valence-corrected chi connectivity index (χ4v) is 5.19. The second kappa shape index (κ2) is 14.0. The smallest absolute Gasteiger partial charge is 0.244 e. The van der Waals surface area contributed by atoms with Gasteiger partial charge >= 0.3 is 0 Å². The van der Waals surface area contributed by atoms with E-state index < -0.39 is 28.5 Å². The minimum atomic E-state index is -3.89. The number of nitrogens with one attached hydrogen (secondary N) is 1. The van der Waals surface area contributed by atoms with E-state index in [1.54, 1.807) is 18.2 Å². The lowest BCUT2D eigenvalue weighted by Gasteiger charge is -2.34. The van der Waals surface area contributed by atoms with E-state index in [0.717, 1.165) is 27.3 Å². The lowest BCUT2D eigenvalue weighted by molar-refractivity contribution is -0.140. The molecule has 0 fully saturated rings. The number of rotatable bonds is 13. The molecule has 0 aliphatic rings. The van der Waals surface area contributed by atoms with Crippen LogP contribution < -0.4 is 14.4 Å². The first-order chi connectivity index (χ1) is 19.0. The molecule has 3 aromatic carbocycles. The maximum atomic E-state index is 14.1. The molecule has 0 aromatic heterocycles. The molecular formula is C31H39N3O5S. The Balaban J connectivity index is 2.07. The van der Waals surface area contributed by atoms with Crippen LogP contribution in [-0.2, 0) is 32.6 Å². The molecule has 0 radical (unpaired) electrons. The topological polar surface area (TPSA) is 96.0 Å². The number of hydrogen-bond acceptors (Lipinski definition) is 5. The lowest BCUT2D eigenvalue weighted by Crippen LogP contribution is -2.53. The number of hydrogen-bond donors (Lipinski definition) is 1. The van der Waals surface area contributed by atoms with E-state index in [-0.39, 0.29) is 30.5 Å². The molecule has 0 aliphatic carbocycles. The largest absolute Gasteiger partial charge is 0.495 e. The number of aryl methyl sites for hydroxylation is 1. The summed E-state index contributed by atoms with van der Waals surface area (Å²) in [5, 5.41) is 2.98. The Morgan fingerprint density at radius 2 is 1.52 bits per heavy atom. The number of sulfonamides is 1. The van der Waals surface area contributed by atoms with Gasteiger partial charge in [-0.1, -0.05) is 80.6 Å². The van der Waals surface area contributed by atoms with Crippen LogP contribution in [0, 0.1) is 12.8 Å². The third kappa shape index (κ3) is 8.58. The van der Waals surface area contributed by atoms with E-state index in [1.807, 2.05) is 81.4 Å². The van der Waals surface area contributed by atoms with Crippen LogP contribution in [0.15, 0.2) is 78.9 Å². The fourth-order valence-electron chi connectivity index (χ4n) is 4.35. The summed E-state index contributed by atoms with van der Waals surface area (Å²) in [7, 11) is -2.44. The third-order valence-electron chi connectivity index (χ3n) is 6.43. The molecular weight excluding hydrogens is 526 g/mol. The predicted molar refractivity (Wildman–Crippen MR) is 159 cm³/mol. The van der Waals surface area contributed by atoms with Crippen LogP contribution in [0.4, 0.5) is 5.69 Å². The molecule has 0 aliphatic heterocycles.